The Kier molecular flexibility index (Phi) is 8.54. The molecule has 1 N–H and O–H groups in total. The Bertz CT molecular complexity index is 1200. The number of thiocarbonyl (C=S) groups is 1. The number of rotatable bonds is 7. The van der Waals surface area contributed by atoms with Crippen molar-refractivity contribution in [3.05, 3.63) is 58.8 Å². The third-order valence-electron chi connectivity index (χ3n) is 5.96. The van der Waals surface area contributed by atoms with Crippen molar-refractivity contribution in [1.29, 1.82) is 0 Å². The average Bonchev–Trinajstić information content (AvgIpc) is 3.13. The second-order valence-electron chi connectivity index (χ2n) is 7.91. The molecule has 2 aromatic carbocycles. The molecular formula is C25H29ClN2O5S. The average molecular weight is 505 g/mol. The van der Waals surface area contributed by atoms with Crippen LogP contribution in [0.2, 0.25) is 0 Å². The first kappa shape index (κ1) is 26.0. The molecule has 0 amide bonds. The molecule has 1 saturated heterocycles. The second kappa shape index (κ2) is 11.2. The number of fused-ring (bicyclic) bond motifs is 1. The summed E-state index contributed by atoms with van der Waals surface area (Å²) in [5.74, 6) is 0.359. The van der Waals surface area contributed by atoms with E-state index in [9.17, 15) is 9.90 Å². The van der Waals surface area contributed by atoms with Crippen LogP contribution in [0.5, 0.6) is 11.5 Å². The van der Waals surface area contributed by atoms with Crippen molar-refractivity contribution in [2.24, 2.45) is 7.05 Å². The standard InChI is InChI=1S/C25H28N2O5S.ClH/c1-4-32-25(29)22-21-18(15-27-10-12-31-13-11-27)20(28)9-8-19(21)26(2)23(22)24(33)16-6-5-7-17(14-16)30-3;/h5-9,14,28H,4,10-13,15H2,1-3H3;1H. The summed E-state index contributed by atoms with van der Waals surface area (Å²) >= 11 is 5.88. The van der Waals surface area contributed by atoms with Crippen LogP contribution in [0.25, 0.3) is 10.9 Å². The monoisotopic (exact) mass is 504 g/mol. The van der Waals surface area contributed by atoms with Crippen LogP contribution in [0, 0.1) is 0 Å². The Hall–Kier alpha value is -2.65. The molecule has 1 aliphatic heterocycles. The molecule has 0 radical (unpaired) electrons. The molecule has 34 heavy (non-hydrogen) atoms. The number of methoxy groups -OCH3 is 1. The Morgan fingerprint density at radius 2 is 1.94 bits per heavy atom. The van der Waals surface area contributed by atoms with Gasteiger partial charge in [-0.3, -0.25) is 4.90 Å². The molecule has 3 aromatic rings. The lowest BCUT2D eigenvalue weighted by atomic mass is 10.00. The van der Waals surface area contributed by atoms with Gasteiger partial charge in [0.1, 0.15) is 11.5 Å². The third-order valence-corrected chi connectivity index (χ3v) is 6.39. The largest absolute Gasteiger partial charge is 0.508 e. The first-order valence-corrected chi connectivity index (χ1v) is 11.4. The van der Waals surface area contributed by atoms with Crippen LogP contribution in [-0.4, -0.2) is 65.4 Å². The van der Waals surface area contributed by atoms with E-state index < -0.39 is 5.97 Å². The summed E-state index contributed by atoms with van der Waals surface area (Å²) in [5, 5.41) is 11.5. The quantitative estimate of drug-likeness (QED) is 0.295. The van der Waals surface area contributed by atoms with Crippen LogP contribution in [-0.2, 0) is 23.1 Å². The molecule has 2 heterocycles. The molecule has 0 unspecified atom stereocenters. The van der Waals surface area contributed by atoms with Gasteiger partial charge >= 0.3 is 5.97 Å². The molecule has 1 aliphatic rings. The SMILES string of the molecule is CCOC(=O)c1c(C(=S)c2cccc(OC)c2)n(C)c2ccc(O)c(CN3CCOCC3)c12.Cl. The predicted octanol–water partition coefficient (Wildman–Crippen LogP) is 4.09. The number of aryl methyl sites for hydroxylation is 1. The van der Waals surface area contributed by atoms with Crippen LogP contribution in [0.1, 0.15) is 34.1 Å². The number of esters is 1. The highest BCUT2D eigenvalue weighted by molar-refractivity contribution is 7.81. The van der Waals surface area contributed by atoms with E-state index in [0.717, 1.165) is 24.2 Å². The summed E-state index contributed by atoms with van der Waals surface area (Å²) < 4.78 is 18.2. The number of halogens is 1. The van der Waals surface area contributed by atoms with E-state index in [1.165, 1.54) is 0 Å². The normalized spacial score (nSPS) is 14.0. The zero-order valence-corrected chi connectivity index (χ0v) is 21.1. The minimum Gasteiger partial charge on any atom is -0.508 e. The maximum atomic E-state index is 13.3. The zero-order valence-electron chi connectivity index (χ0n) is 19.5. The van der Waals surface area contributed by atoms with Crippen molar-refractivity contribution in [2.75, 3.05) is 40.0 Å². The second-order valence-corrected chi connectivity index (χ2v) is 8.32. The van der Waals surface area contributed by atoms with Crippen molar-refractivity contribution in [3.63, 3.8) is 0 Å². The van der Waals surface area contributed by atoms with Gasteiger partial charge in [-0.05, 0) is 36.8 Å². The molecule has 0 aliphatic carbocycles. The number of aromatic hydroxyl groups is 1. The van der Waals surface area contributed by atoms with E-state index in [1.807, 2.05) is 41.9 Å². The molecule has 1 fully saturated rings. The minimum atomic E-state index is -0.461. The van der Waals surface area contributed by atoms with Gasteiger partial charge in [0.25, 0.3) is 0 Å². The topological polar surface area (TPSA) is 73.2 Å². The number of aromatic nitrogens is 1. The Morgan fingerprint density at radius 1 is 1.21 bits per heavy atom. The highest BCUT2D eigenvalue weighted by Crippen LogP contribution is 2.36. The van der Waals surface area contributed by atoms with Gasteiger partial charge in [0.2, 0.25) is 0 Å². The molecule has 9 heteroatoms. The minimum absolute atomic E-state index is 0. The maximum Gasteiger partial charge on any atom is 0.341 e. The summed E-state index contributed by atoms with van der Waals surface area (Å²) in [7, 11) is 3.48. The van der Waals surface area contributed by atoms with Crippen LogP contribution < -0.4 is 4.74 Å². The highest BCUT2D eigenvalue weighted by Gasteiger charge is 2.29. The van der Waals surface area contributed by atoms with E-state index in [2.05, 4.69) is 4.90 Å². The van der Waals surface area contributed by atoms with E-state index >= 15 is 0 Å². The maximum absolute atomic E-state index is 13.3. The Labute approximate surface area is 210 Å². The van der Waals surface area contributed by atoms with Gasteiger partial charge < -0.3 is 23.9 Å². The van der Waals surface area contributed by atoms with Gasteiger partial charge in [-0.15, -0.1) is 12.4 Å². The van der Waals surface area contributed by atoms with Gasteiger partial charge in [-0.2, -0.15) is 0 Å². The highest BCUT2D eigenvalue weighted by atomic mass is 35.5. The predicted molar refractivity (Wildman–Crippen MR) is 138 cm³/mol. The fraction of sp³-hybridized carbons (Fsp3) is 0.360. The molecule has 0 saturated carbocycles. The lowest BCUT2D eigenvalue weighted by Crippen LogP contribution is -2.35. The summed E-state index contributed by atoms with van der Waals surface area (Å²) in [6, 6.07) is 10.9. The van der Waals surface area contributed by atoms with Gasteiger partial charge in [0.05, 0.1) is 43.1 Å². The van der Waals surface area contributed by atoms with E-state index in [4.69, 9.17) is 26.4 Å². The summed E-state index contributed by atoms with van der Waals surface area (Å²) in [5.41, 5.74) is 3.22. The van der Waals surface area contributed by atoms with Gasteiger partial charge in [0, 0.05) is 43.1 Å². The van der Waals surface area contributed by atoms with Crippen LogP contribution in [0.3, 0.4) is 0 Å². The van der Waals surface area contributed by atoms with Gasteiger partial charge in [-0.25, -0.2) is 4.79 Å². The van der Waals surface area contributed by atoms with Crippen molar-refractivity contribution in [1.82, 2.24) is 9.47 Å². The molecular weight excluding hydrogens is 476 g/mol. The van der Waals surface area contributed by atoms with Crippen LogP contribution in [0.15, 0.2) is 36.4 Å². The lowest BCUT2D eigenvalue weighted by molar-refractivity contribution is 0.0340. The fourth-order valence-electron chi connectivity index (χ4n) is 4.30. The first-order chi connectivity index (χ1) is 16.0. The van der Waals surface area contributed by atoms with Gasteiger partial charge in [0.15, 0.2) is 0 Å². The fourth-order valence-corrected chi connectivity index (χ4v) is 4.67. The number of phenols is 1. The number of phenolic OH excluding ortho intramolecular Hbond substituents is 1. The van der Waals surface area contributed by atoms with Crippen molar-refractivity contribution < 1.29 is 24.1 Å². The van der Waals surface area contributed by atoms with E-state index in [1.54, 1.807) is 20.1 Å². The van der Waals surface area contributed by atoms with Crippen molar-refractivity contribution in [3.8, 4) is 11.5 Å². The number of carbonyl (C=O) groups excluding carboxylic acids is 1. The first-order valence-electron chi connectivity index (χ1n) is 11.0. The summed E-state index contributed by atoms with van der Waals surface area (Å²) in [6.45, 7) is 5.30. The lowest BCUT2D eigenvalue weighted by Gasteiger charge is -2.27. The van der Waals surface area contributed by atoms with Crippen LogP contribution >= 0.6 is 24.6 Å². The molecule has 1 aromatic heterocycles. The number of hydrogen-bond acceptors (Lipinski definition) is 7. The third kappa shape index (κ3) is 4.90. The number of hydrogen-bond donors (Lipinski definition) is 1. The number of carbonyl (C=O) groups is 1. The molecule has 4 rings (SSSR count). The van der Waals surface area contributed by atoms with E-state index in [-0.39, 0.29) is 24.8 Å². The van der Waals surface area contributed by atoms with E-state index in [0.29, 0.717) is 52.6 Å². The number of nitrogens with zero attached hydrogens (tertiary/aromatic N) is 2. The number of benzene rings is 2. The number of morpholine rings is 1. The van der Waals surface area contributed by atoms with Crippen molar-refractivity contribution in [2.45, 2.75) is 13.5 Å². The molecule has 182 valence electrons. The zero-order chi connectivity index (χ0) is 23.5. The summed E-state index contributed by atoms with van der Waals surface area (Å²) in [6.07, 6.45) is 0. The Morgan fingerprint density at radius 3 is 2.62 bits per heavy atom. The number of ether oxygens (including phenoxy) is 3. The molecule has 0 bridgehead atoms. The van der Waals surface area contributed by atoms with Gasteiger partial charge in [-0.1, -0.05) is 24.4 Å². The summed E-state index contributed by atoms with van der Waals surface area (Å²) in [4.78, 5) is 16.0. The molecule has 7 nitrogen and oxygen atoms in total. The Balaban J connectivity index is 0.00000324. The molecule has 0 spiro atoms. The van der Waals surface area contributed by atoms with Crippen molar-refractivity contribution >= 4 is 46.4 Å². The smallest absolute Gasteiger partial charge is 0.341 e. The molecule has 0 atom stereocenters. The van der Waals surface area contributed by atoms with Crippen LogP contribution in [0.4, 0.5) is 0 Å².